The summed E-state index contributed by atoms with van der Waals surface area (Å²) in [5, 5.41) is 10.2. The molecule has 2 N–H and O–H groups in total. The molecule has 4 rings (SSSR count). The molecule has 4 aromatic rings. The number of H-pyrrole nitrogens is 1. The fraction of sp³-hybridized carbons (Fsp3) is 0.100. The third-order valence-corrected chi connectivity index (χ3v) is 4.31. The normalized spacial score (nSPS) is 11.0. The minimum Gasteiger partial charge on any atom is -0.497 e. The maximum atomic E-state index is 11.2. The van der Waals surface area contributed by atoms with Crippen molar-refractivity contribution in [3.63, 3.8) is 0 Å². The van der Waals surface area contributed by atoms with Crippen molar-refractivity contribution < 1.29 is 19.1 Å². The zero-order valence-electron chi connectivity index (χ0n) is 14.0. The van der Waals surface area contributed by atoms with Crippen molar-refractivity contribution in [2.24, 2.45) is 0 Å². The van der Waals surface area contributed by atoms with Crippen LogP contribution in [0.4, 0.5) is 0 Å². The van der Waals surface area contributed by atoms with Gasteiger partial charge in [-0.1, -0.05) is 6.07 Å². The van der Waals surface area contributed by atoms with Crippen LogP contribution in [-0.2, 0) is 6.42 Å². The number of pyridine rings is 1. The molecule has 0 atom stereocenters. The van der Waals surface area contributed by atoms with Crippen LogP contribution in [0.25, 0.3) is 22.2 Å². The molecule has 0 bridgehead atoms. The van der Waals surface area contributed by atoms with Gasteiger partial charge in [-0.2, -0.15) is 0 Å². The summed E-state index contributed by atoms with van der Waals surface area (Å²) in [6, 6.07) is 12.7. The molecular weight excluding hydrogens is 332 g/mol. The van der Waals surface area contributed by atoms with Crippen molar-refractivity contribution in [1.29, 1.82) is 0 Å². The third kappa shape index (κ3) is 2.82. The first-order valence-electron chi connectivity index (χ1n) is 8.06. The summed E-state index contributed by atoms with van der Waals surface area (Å²) in [7, 11) is 1.63. The monoisotopic (exact) mass is 348 g/mol. The molecule has 0 fully saturated rings. The average Bonchev–Trinajstić information content (AvgIpc) is 3.29. The Bertz CT molecular complexity index is 1080. The van der Waals surface area contributed by atoms with E-state index in [1.807, 2.05) is 30.3 Å². The van der Waals surface area contributed by atoms with Gasteiger partial charge in [-0.25, -0.2) is 9.78 Å². The number of hydrogen-bond acceptors (Lipinski definition) is 4. The molecule has 3 aromatic heterocycles. The Morgan fingerprint density at radius 1 is 1.27 bits per heavy atom. The minimum absolute atomic E-state index is 0.0360. The van der Waals surface area contributed by atoms with Gasteiger partial charge in [0, 0.05) is 34.6 Å². The number of carboxylic acid groups (broad SMARTS) is 1. The molecule has 0 saturated carbocycles. The van der Waals surface area contributed by atoms with E-state index in [0.717, 1.165) is 33.5 Å². The quantitative estimate of drug-likeness (QED) is 0.566. The van der Waals surface area contributed by atoms with E-state index in [0.29, 0.717) is 12.1 Å². The van der Waals surface area contributed by atoms with Gasteiger partial charge < -0.3 is 19.2 Å². The summed E-state index contributed by atoms with van der Waals surface area (Å²) in [6.45, 7) is 0. The molecule has 1 aromatic carbocycles. The Morgan fingerprint density at radius 3 is 2.88 bits per heavy atom. The lowest BCUT2D eigenvalue weighted by atomic mass is 10.0. The number of nitrogens with one attached hydrogen (secondary N) is 1. The summed E-state index contributed by atoms with van der Waals surface area (Å²) in [5.41, 5.74) is 4.53. The molecule has 0 aliphatic carbocycles. The van der Waals surface area contributed by atoms with E-state index in [9.17, 15) is 9.90 Å². The van der Waals surface area contributed by atoms with E-state index in [1.165, 1.54) is 6.07 Å². The number of aromatic carboxylic acids is 1. The second-order valence-corrected chi connectivity index (χ2v) is 5.90. The lowest BCUT2D eigenvalue weighted by molar-refractivity contribution is 0.0690. The molecular formula is C20H16N2O4. The van der Waals surface area contributed by atoms with Crippen LogP contribution in [0.3, 0.4) is 0 Å². The van der Waals surface area contributed by atoms with E-state index in [1.54, 1.807) is 25.7 Å². The first kappa shape index (κ1) is 16.0. The number of rotatable bonds is 5. The molecule has 6 nitrogen and oxygen atoms in total. The molecule has 6 heteroatoms. The highest BCUT2D eigenvalue weighted by Crippen LogP contribution is 2.33. The molecule has 130 valence electrons. The zero-order chi connectivity index (χ0) is 18.1. The molecule has 0 saturated heterocycles. The number of aromatic nitrogens is 2. The SMILES string of the molecule is COc1ccc2c(Cc3cccc(C(=O)O)n3)c(-c3ccoc3)[nH]c2c1. The summed E-state index contributed by atoms with van der Waals surface area (Å²) < 4.78 is 10.5. The van der Waals surface area contributed by atoms with Gasteiger partial charge in [0.05, 0.1) is 25.3 Å². The summed E-state index contributed by atoms with van der Waals surface area (Å²) in [5.74, 6) is -0.277. The highest BCUT2D eigenvalue weighted by molar-refractivity contribution is 5.92. The lowest BCUT2D eigenvalue weighted by Gasteiger charge is -2.05. The number of benzene rings is 1. The first-order chi connectivity index (χ1) is 12.7. The number of hydrogen-bond donors (Lipinski definition) is 2. The van der Waals surface area contributed by atoms with Crippen molar-refractivity contribution in [3.05, 3.63) is 71.9 Å². The minimum atomic E-state index is -1.04. The third-order valence-electron chi connectivity index (χ3n) is 4.31. The van der Waals surface area contributed by atoms with Crippen molar-refractivity contribution in [2.75, 3.05) is 7.11 Å². The van der Waals surface area contributed by atoms with E-state index in [2.05, 4.69) is 9.97 Å². The average molecular weight is 348 g/mol. The van der Waals surface area contributed by atoms with Crippen LogP contribution in [0.5, 0.6) is 5.75 Å². The number of ether oxygens (including phenoxy) is 1. The molecule has 0 spiro atoms. The van der Waals surface area contributed by atoms with Gasteiger partial charge in [0.2, 0.25) is 0 Å². The predicted molar refractivity (Wildman–Crippen MR) is 96.6 cm³/mol. The molecule has 0 radical (unpaired) electrons. The number of nitrogens with zero attached hydrogens (tertiary/aromatic N) is 1. The number of methoxy groups -OCH3 is 1. The first-order valence-corrected chi connectivity index (χ1v) is 8.06. The van der Waals surface area contributed by atoms with Gasteiger partial charge in [-0.15, -0.1) is 0 Å². The van der Waals surface area contributed by atoms with Gasteiger partial charge in [-0.05, 0) is 35.9 Å². The Kier molecular flexibility index (Phi) is 3.93. The number of furan rings is 1. The molecule has 26 heavy (non-hydrogen) atoms. The second kappa shape index (κ2) is 6.40. The van der Waals surface area contributed by atoms with E-state index < -0.39 is 5.97 Å². The summed E-state index contributed by atoms with van der Waals surface area (Å²) in [4.78, 5) is 18.9. The zero-order valence-corrected chi connectivity index (χ0v) is 14.0. The second-order valence-electron chi connectivity index (χ2n) is 5.90. The number of fused-ring (bicyclic) bond motifs is 1. The van der Waals surface area contributed by atoms with Crippen molar-refractivity contribution in [3.8, 4) is 17.0 Å². The largest absolute Gasteiger partial charge is 0.497 e. The Labute approximate surface area is 149 Å². The molecule has 0 unspecified atom stereocenters. The van der Waals surface area contributed by atoms with Crippen molar-refractivity contribution >= 4 is 16.9 Å². The van der Waals surface area contributed by atoms with Crippen LogP contribution >= 0.6 is 0 Å². The molecule has 0 aliphatic heterocycles. The number of carbonyl (C=O) groups is 1. The fourth-order valence-corrected chi connectivity index (χ4v) is 3.08. The van der Waals surface area contributed by atoms with Gasteiger partial charge in [0.1, 0.15) is 11.4 Å². The molecule has 0 amide bonds. The highest BCUT2D eigenvalue weighted by Gasteiger charge is 2.16. The maximum Gasteiger partial charge on any atom is 0.354 e. The van der Waals surface area contributed by atoms with Crippen LogP contribution in [0.15, 0.2) is 59.4 Å². The Hall–Kier alpha value is -3.54. The predicted octanol–water partition coefficient (Wildman–Crippen LogP) is 4.12. The Morgan fingerprint density at radius 2 is 2.15 bits per heavy atom. The maximum absolute atomic E-state index is 11.2. The van der Waals surface area contributed by atoms with Crippen LogP contribution < -0.4 is 4.74 Å². The van der Waals surface area contributed by atoms with Crippen molar-refractivity contribution in [1.82, 2.24) is 9.97 Å². The van der Waals surface area contributed by atoms with Crippen LogP contribution in [-0.4, -0.2) is 28.2 Å². The topological polar surface area (TPSA) is 88.3 Å². The number of carboxylic acids is 1. The fourth-order valence-electron chi connectivity index (χ4n) is 3.08. The molecule has 0 aliphatic rings. The van der Waals surface area contributed by atoms with Crippen LogP contribution in [0.2, 0.25) is 0 Å². The van der Waals surface area contributed by atoms with Crippen molar-refractivity contribution in [2.45, 2.75) is 6.42 Å². The van der Waals surface area contributed by atoms with Gasteiger partial charge in [-0.3, -0.25) is 0 Å². The summed E-state index contributed by atoms with van der Waals surface area (Å²) in [6.07, 6.45) is 3.79. The van der Waals surface area contributed by atoms with Gasteiger partial charge in [0.25, 0.3) is 0 Å². The van der Waals surface area contributed by atoms with E-state index >= 15 is 0 Å². The van der Waals surface area contributed by atoms with E-state index in [4.69, 9.17) is 9.15 Å². The number of aromatic amines is 1. The van der Waals surface area contributed by atoms with Gasteiger partial charge in [0.15, 0.2) is 0 Å². The van der Waals surface area contributed by atoms with Gasteiger partial charge >= 0.3 is 5.97 Å². The van der Waals surface area contributed by atoms with Crippen LogP contribution in [0.1, 0.15) is 21.7 Å². The van der Waals surface area contributed by atoms with E-state index in [-0.39, 0.29) is 5.69 Å². The van der Waals surface area contributed by atoms with Crippen LogP contribution in [0, 0.1) is 0 Å². The molecule has 3 heterocycles. The summed E-state index contributed by atoms with van der Waals surface area (Å²) >= 11 is 0. The standard InChI is InChI=1S/C20H16N2O4/c1-25-14-5-6-15-16(9-13-3-2-4-17(21-13)20(23)24)19(22-18(15)10-14)12-7-8-26-11-12/h2-8,10-11,22H,9H2,1H3,(H,23,24). The lowest BCUT2D eigenvalue weighted by Crippen LogP contribution is -2.03. The highest BCUT2D eigenvalue weighted by atomic mass is 16.5. The smallest absolute Gasteiger partial charge is 0.354 e. The Balaban J connectivity index is 1.86.